The van der Waals surface area contributed by atoms with E-state index in [1.165, 1.54) is 0 Å². The molecule has 1 aromatic heterocycles. The first-order chi connectivity index (χ1) is 10.5. The van der Waals surface area contributed by atoms with Gasteiger partial charge in [0.2, 0.25) is 5.88 Å². The SMILES string of the molecule is COc1cc(CCCc2sc(=O)[nH]c2O)ccc1OC(C)C. The van der Waals surface area contributed by atoms with Crippen molar-refractivity contribution in [3.63, 3.8) is 0 Å². The van der Waals surface area contributed by atoms with Crippen LogP contribution in [0.1, 0.15) is 30.7 Å². The van der Waals surface area contributed by atoms with Gasteiger partial charge in [-0.1, -0.05) is 17.4 Å². The highest BCUT2D eigenvalue weighted by atomic mass is 32.1. The molecule has 0 amide bonds. The lowest BCUT2D eigenvalue weighted by Crippen LogP contribution is -2.06. The highest BCUT2D eigenvalue weighted by Crippen LogP contribution is 2.29. The molecule has 0 saturated heterocycles. The van der Waals surface area contributed by atoms with E-state index in [9.17, 15) is 9.90 Å². The fourth-order valence-electron chi connectivity index (χ4n) is 2.19. The minimum absolute atomic E-state index is 0.00624. The third-order valence-corrected chi connectivity index (χ3v) is 4.09. The molecule has 0 atom stereocenters. The minimum Gasteiger partial charge on any atom is -0.494 e. The predicted molar refractivity (Wildman–Crippen MR) is 87.4 cm³/mol. The molecular formula is C16H21NO4S. The summed E-state index contributed by atoms with van der Waals surface area (Å²) in [7, 11) is 1.63. The number of rotatable bonds is 7. The van der Waals surface area contributed by atoms with Gasteiger partial charge in [-0.25, -0.2) is 0 Å². The van der Waals surface area contributed by atoms with Crippen LogP contribution in [0.15, 0.2) is 23.0 Å². The van der Waals surface area contributed by atoms with Crippen molar-refractivity contribution in [3.8, 4) is 17.4 Å². The van der Waals surface area contributed by atoms with Gasteiger partial charge >= 0.3 is 4.87 Å². The van der Waals surface area contributed by atoms with Gasteiger partial charge in [-0.05, 0) is 50.8 Å². The number of hydrogen-bond donors (Lipinski definition) is 2. The van der Waals surface area contributed by atoms with Gasteiger partial charge in [0.25, 0.3) is 0 Å². The Morgan fingerprint density at radius 3 is 2.64 bits per heavy atom. The lowest BCUT2D eigenvalue weighted by molar-refractivity contribution is 0.230. The van der Waals surface area contributed by atoms with Crippen LogP contribution in [0.4, 0.5) is 0 Å². The third kappa shape index (κ3) is 4.27. The van der Waals surface area contributed by atoms with E-state index in [1.807, 2.05) is 32.0 Å². The number of aromatic nitrogens is 1. The van der Waals surface area contributed by atoms with E-state index >= 15 is 0 Å². The van der Waals surface area contributed by atoms with Crippen LogP contribution in [0.5, 0.6) is 17.4 Å². The lowest BCUT2D eigenvalue weighted by Gasteiger charge is -2.14. The zero-order valence-electron chi connectivity index (χ0n) is 13.0. The standard InChI is InChI=1S/C16H21NO4S/c1-10(2)21-12-8-7-11(9-13(12)20-3)5-4-6-14-15(18)17-16(19)22-14/h7-10,18H,4-6H2,1-3H3,(H,17,19). The highest BCUT2D eigenvalue weighted by Gasteiger charge is 2.09. The third-order valence-electron chi connectivity index (χ3n) is 3.16. The summed E-state index contributed by atoms with van der Waals surface area (Å²) < 4.78 is 11.1. The topological polar surface area (TPSA) is 71.6 Å². The number of nitrogens with one attached hydrogen (secondary N) is 1. The number of H-pyrrole nitrogens is 1. The van der Waals surface area contributed by atoms with Crippen LogP contribution in [0.3, 0.4) is 0 Å². The number of thiazole rings is 1. The molecule has 0 aliphatic rings. The number of aromatic hydroxyl groups is 1. The number of hydrogen-bond acceptors (Lipinski definition) is 5. The fraction of sp³-hybridized carbons (Fsp3) is 0.438. The van der Waals surface area contributed by atoms with Crippen molar-refractivity contribution >= 4 is 11.3 Å². The van der Waals surface area contributed by atoms with Gasteiger partial charge in [-0.15, -0.1) is 0 Å². The van der Waals surface area contributed by atoms with E-state index in [0.717, 1.165) is 41.2 Å². The molecule has 1 heterocycles. The summed E-state index contributed by atoms with van der Waals surface area (Å²) in [6.07, 6.45) is 2.44. The molecule has 0 fully saturated rings. The molecule has 120 valence electrons. The molecule has 0 aliphatic carbocycles. The number of aryl methyl sites for hydroxylation is 2. The Morgan fingerprint density at radius 2 is 2.05 bits per heavy atom. The Morgan fingerprint density at radius 1 is 1.27 bits per heavy atom. The molecule has 6 heteroatoms. The molecule has 0 bridgehead atoms. The van der Waals surface area contributed by atoms with E-state index in [2.05, 4.69) is 4.98 Å². The molecule has 5 nitrogen and oxygen atoms in total. The Kier molecular flexibility index (Phi) is 5.49. The number of methoxy groups -OCH3 is 1. The lowest BCUT2D eigenvalue weighted by atomic mass is 10.1. The quantitative estimate of drug-likeness (QED) is 0.821. The van der Waals surface area contributed by atoms with Crippen LogP contribution >= 0.6 is 11.3 Å². The first kappa shape index (κ1) is 16.4. The molecular weight excluding hydrogens is 302 g/mol. The first-order valence-electron chi connectivity index (χ1n) is 7.24. The normalized spacial score (nSPS) is 10.9. The van der Waals surface area contributed by atoms with Crippen molar-refractivity contribution in [2.45, 2.75) is 39.2 Å². The largest absolute Gasteiger partial charge is 0.494 e. The number of aromatic amines is 1. The van der Waals surface area contributed by atoms with Gasteiger partial charge < -0.3 is 14.6 Å². The number of benzene rings is 1. The fourth-order valence-corrected chi connectivity index (χ4v) is 2.96. The van der Waals surface area contributed by atoms with Crippen LogP contribution in [-0.4, -0.2) is 23.3 Å². The van der Waals surface area contributed by atoms with Crippen molar-refractivity contribution in [1.29, 1.82) is 0 Å². The maximum absolute atomic E-state index is 11.1. The molecule has 1 aromatic carbocycles. The average molecular weight is 323 g/mol. The summed E-state index contributed by atoms with van der Waals surface area (Å²) in [5.41, 5.74) is 1.13. The summed E-state index contributed by atoms with van der Waals surface area (Å²) >= 11 is 1.06. The van der Waals surface area contributed by atoms with E-state index in [4.69, 9.17) is 9.47 Å². The van der Waals surface area contributed by atoms with Crippen LogP contribution in [-0.2, 0) is 12.8 Å². The smallest absolute Gasteiger partial charge is 0.307 e. The van der Waals surface area contributed by atoms with Gasteiger partial charge in [0.05, 0.1) is 18.1 Å². The molecule has 2 rings (SSSR count). The monoisotopic (exact) mass is 323 g/mol. The molecule has 0 radical (unpaired) electrons. The highest BCUT2D eigenvalue weighted by molar-refractivity contribution is 7.09. The molecule has 0 saturated carbocycles. The minimum atomic E-state index is -0.218. The summed E-state index contributed by atoms with van der Waals surface area (Å²) in [5.74, 6) is 1.45. The van der Waals surface area contributed by atoms with Gasteiger partial charge in [-0.2, -0.15) is 0 Å². The zero-order chi connectivity index (χ0) is 16.1. The van der Waals surface area contributed by atoms with E-state index in [1.54, 1.807) is 7.11 Å². The van der Waals surface area contributed by atoms with E-state index in [-0.39, 0.29) is 16.9 Å². The van der Waals surface area contributed by atoms with Crippen LogP contribution in [0.25, 0.3) is 0 Å². The Balaban J connectivity index is 1.98. The molecule has 2 N–H and O–H groups in total. The maximum Gasteiger partial charge on any atom is 0.307 e. The summed E-state index contributed by atoms with van der Waals surface area (Å²) in [4.78, 5) is 14.0. The van der Waals surface area contributed by atoms with Crippen molar-refractivity contribution in [2.75, 3.05) is 7.11 Å². The van der Waals surface area contributed by atoms with Crippen LogP contribution in [0.2, 0.25) is 0 Å². The predicted octanol–water partition coefficient (Wildman–Crippen LogP) is 3.11. The maximum atomic E-state index is 11.1. The van der Waals surface area contributed by atoms with Gasteiger partial charge in [0.15, 0.2) is 11.5 Å². The molecule has 22 heavy (non-hydrogen) atoms. The molecule has 2 aromatic rings. The van der Waals surface area contributed by atoms with Crippen molar-refractivity contribution < 1.29 is 14.6 Å². The Bertz CT molecular complexity index is 675. The van der Waals surface area contributed by atoms with Crippen molar-refractivity contribution in [1.82, 2.24) is 4.98 Å². The van der Waals surface area contributed by atoms with Crippen molar-refractivity contribution in [2.24, 2.45) is 0 Å². The summed E-state index contributed by atoms with van der Waals surface area (Å²) in [6, 6.07) is 5.90. The van der Waals surface area contributed by atoms with E-state index in [0.29, 0.717) is 11.3 Å². The van der Waals surface area contributed by atoms with Gasteiger partial charge in [0, 0.05) is 0 Å². The zero-order valence-corrected chi connectivity index (χ0v) is 13.8. The molecule has 0 aliphatic heterocycles. The second-order valence-corrected chi connectivity index (χ2v) is 6.36. The molecule has 0 spiro atoms. The first-order valence-corrected chi connectivity index (χ1v) is 8.05. The Labute approximate surface area is 133 Å². The van der Waals surface area contributed by atoms with Gasteiger partial charge in [-0.3, -0.25) is 9.78 Å². The van der Waals surface area contributed by atoms with Crippen molar-refractivity contribution in [3.05, 3.63) is 38.3 Å². The van der Waals surface area contributed by atoms with Crippen LogP contribution in [0, 0.1) is 0 Å². The molecule has 0 unspecified atom stereocenters. The Hall–Kier alpha value is -1.95. The average Bonchev–Trinajstić information content (AvgIpc) is 2.78. The second-order valence-electron chi connectivity index (χ2n) is 5.29. The van der Waals surface area contributed by atoms with Crippen LogP contribution < -0.4 is 14.3 Å². The van der Waals surface area contributed by atoms with E-state index < -0.39 is 0 Å². The second kappa shape index (κ2) is 7.35. The van der Waals surface area contributed by atoms with Gasteiger partial charge in [0.1, 0.15) is 0 Å². The summed E-state index contributed by atoms with van der Waals surface area (Å²) in [5, 5.41) is 9.55. The number of ether oxygens (including phenoxy) is 2. The summed E-state index contributed by atoms with van der Waals surface area (Å²) in [6.45, 7) is 3.95.